The second-order valence-electron chi connectivity index (χ2n) is 6.23. The summed E-state index contributed by atoms with van der Waals surface area (Å²) in [5, 5.41) is 18.7. The Balaban J connectivity index is 1.56. The molecular formula is C21H13N3O3. The van der Waals surface area contributed by atoms with Crippen molar-refractivity contribution in [1.82, 2.24) is 9.78 Å². The zero-order valence-corrected chi connectivity index (χ0v) is 14.1. The van der Waals surface area contributed by atoms with E-state index in [2.05, 4.69) is 17.2 Å². The van der Waals surface area contributed by atoms with Crippen LogP contribution in [0.2, 0.25) is 0 Å². The van der Waals surface area contributed by atoms with Gasteiger partial charge in [-0.3, -0.25) is 10.1 Å². The van der Waals surface area contributed by atoms with Crippen LogP contribution in [-0.2, 0) is 0 Å². The van der Waals surface area contributed by atoms with Gasteiger partial charge in [-0.1, -0.05) is 30.3 Å². The third-order valence-electron chi connectivity index (χ3n) is 4.59. The number of hydrogen-bond donors (Lipinski definition) is 0. The van der Waals surface area contributed by atoms with Crippen LogP contribution in [-0.4, -0.2) is 14.7 Å². The molecule has 27 heavy (non-hydrogen) atoms. The number of nitrogens with zero attached hydrogens (tertiary/aromatic N) is 3. The van der Waals surface area contributed by atoms with E-state index < -0.39 is 4.92 Å². The van der Waals surface area contributed by atoms with Crippen LogP contribution in [0, 0.1) is 10.1 Å². The van der Waals surface area contributed by atoms with Crippen LogP contribution in [0.4, 0.5) is 5.69 Å². The lowest BCUT2D eigenvalue weighted by molar-refractivity contribution is -0.384. The van der Waals surface area contributed by atoms with Gasteiger partial charge in [0, 0.05) is 23.7 Å². The third kappa shape index (κ3) is 2.55. The second kappa shape index (κ2) is 5.81. The molecule has 0 spiro atoms. The summed E-state index contributed by atoms with van der Waals surface area (Å²) >= 11 is 0. The molecule has 3 aromatic carbocycles. The van der Waals surface area contributed by atoms with Gasteiger partial charge in [-0.2, -0.15) is 5.10 Å². The summed E-state index contributed by atoms with van der Waals surface area (Å²) in [6.45, 7) is 0. The highest BCUT2D eigenvalue weighted by atomic mass is 16.6. The molecule has 0 saturated heterocycles. The Morgan fingerprint density at radius 3 is 2.56 bits per heavy atom. The van der Waals surface area contributed by atoms with Crippen molar-refractivity contribution in [3.63, 3.8) is 0 Å². The number of non-ortho nitro benzene ring substituents is 1. The first-order chi connectivity index (χ1) is 13.2. The van der Waals surface area contributed by atoms with E-state index in [4.69, 9.17) is 4.42 Å². The molecule has 0 bridgehead atoms. The Bertz CT molecular complexity index is 1300. The minimum Gasteiger partial charge on any atom is -0.454 e. The number of nitro benzene ring substituents is 1. The molecule has 2 aromatic heterocycles. The van der Waals surface area contributed by atoms with Gasteiger partial charge in [0.1, 0.15) is 11.3 Å². The summed E-state index contributed by atoms with van der Waals surface area (Å²) < 4.78 is 7.67. The Morgan fingerprint density at radius 2 is 1.74 bits per heavy atom. The van der Waals surface area contributed by atoms with E-state index in [9.17, 15) is 10.1 Å². The molecule has 5 rings (SSSR count). The van der Waals surface area contributed by atoms with E-state index in [0.29, 0.717) is 11.5 Å². The molecule has 0 N–H and O–H groups in total. The van der Waals surface area contributed by atoms with Gasteiger partial charge in [0.15, 0.2) is 5.76 Å². The molecule has 0 fully saturated rings. The first kappa shape index (κ1) is 15.3. The number of furan rings is 1. The Labute approximate surface area is 153 Å². The molecule has 2 heterocycles. The highest BCUT2D eigenvalue weighted by Crippen LogP contribution is 2.32. The van der Waals surface area contributed by atoms with E-state index in [1.807, 2.05) is 42.6 Å². The molecule has 6 heteroatoms. The lowest BCUT2D eigenvalue weighted by Gasteiger charge is -2.00. The summed E-state index contributed by atoms with van der Waals surface area (Å²) in [5.74, 6) is 0.682. The SMILES string of the molecule is O=[N+]([O-])c1ccc(-n2ccc(-c3cc4c(ccc5ccccc54)o3)n2)cc1. The zero-order chi connectivity index (χ0) is 18.4. The van der Waals surface area contributed by atoms with Crippen molar-refractivity contribution < 1.29 is 9.34 Å². The Morgan fingerprint density at radius 1 is 0.926 bits per heavy atom. The molecule has 0 atom stereocenters. The first-order valence-electron chi connectivity index (χ1n) is 8.41. The van der Waals surface area contributed by atoms with Crippen molar-refractivity contribution in [3.05, 3.63) is 89.1 Å². The van der Waals surface area contributed by atoms with Crippen LogP contribution in [0.3, 0.4) is 0 Å². The Kier molecular flexibility index (Phi) is 3.30. The molecule has 0 aliphatic carbocycles. The molecule has 0 radical (unpaired) electrons. The monoisotopic (exact) mass is 355 g/mol. The van der Waals surface area contributed by atoms with Crippen molar-refractivity contribution in [2.45, 2.75) is 0 Å². The number of fused-ring (bicyclic) bond motifs is 3. The van der Waals surface area contributed by atoms with Gasteiger partial charge in [0.2, 0.25) is 0 Å². The maximum atomic E-state index is 10.8. The highest BCUT2D eigenvalue weighted by Gasteiger charge is 2.12. The minimum atomic E-state index is -0.420. The zero-order valence-electron chi connectivity index (χ0n) is 14.1. The summed E-state index contributed by atoms with van der Waals surface area (Å²) in [6.07, 6.45) is 1.81. The summed E-state index contributed by atoms with van der Waals surface area (Å²) in [6, 6.07) is 22.3. The number of hydrogen-bond acceptors (Lipinski definition) is 4. The maximum Gasteiger partial charge on any atom is 0.269 e. The number of nitro groups is 1. The quantitative estimate of drug-likeness (QED) is 0.323. The predicted octanol–water partition coefficient (Wildman–Crippen LogP) is 5.35. The standard InChI is InChI=1S/C21H13N3O3/c25-24(26)16-8-6-15(7-9-16)23-12-11-19(22-23)21-13-18-17-4-2-1-3-14(17)5-10-20(18)27-21/h1-13H. The van der Waals surface area contributed by atoms with Crippen molar-refractivity contribution in [1.29, 1.82) is 0 Å². The van der Waals surface area contributed by atoms with Crippen LogP contribution < -0.4 is 0 Å². The van der Waals surface area contributed by atoms with E-state index >= 15 is 0 Å². The molecule has 0 amide bonds. The fourth-order valence-corrected chi connectivity index (χ4v) is 3.24. The minimum absolute atomic E-state index is 0.0512. The van der Waals surface area contributed by atoms with Crippen molar-refractivity contribution >= 4 is 27.4 Å². The van der Waals surface area contributed by atoms with Crippen molar-refractivity contribution in [3.8, 4) is 17.1 Å². The molecule has 0 unspecified atom stereocenters. The van der Waals surface area contributed by atoms with Crippen LogP contribution >= 0.6 is 0 Å². The number of aromatic nitrogens is 2. The average Bonchev–Trinajstić information content (AvgIpc) is 3.35. The third-order valence-corrected chi connectivity index (χ3v) is 4.59. The van der Waals surface area contributed by atoms with E-state index in [0.717, 1.165) is 27.4 Å². The molecular weight excluding hydrogens is 342 g/mol. The lowest BCUT2D eigenvalue weighted by Crippen LogP contribution is -1.95. The fraction of sp³-hybridized carbons (Fsp3) is 0. The van der Waals surface area contributed by atoms with E-state index in [-0.39, 0.29) is 5.69 Å². The van der Waals surface area contributed by atoms with Gasteiger partial charge >= 0.3 is 0 Å². The van der Waals surface area contributed by atoms with Gasteiger partial charge in [0.05, 0.1) is 10.6 Å². The molecule has 0 aliphatic rings. The molecule has 0 saturated carbocycles. The Hall–Kier alpha value is -3.93. The largest absolute Gasteiger partial charge is 0.454 e. The summed E-state index contributed by atoms with van der Waals surface area (Å²) in [5.41, 5.74) is 2.31. The second-order valence-corrected chi connectivity index (χ2v) is 6.23. The molecule has 6 nitrogen and oxygen atoms in total. The van der Waals surface area contributed by atoms with Gasteiger partial charge in [-0.15, -0.1) is 0 Å². The predicted molar refractivity (Wildman–Crippen MR) is 103 cm³/mol. The van der Waals surface area contributed by atoms with E-state index in [1.54, 1.807) is 16.8 Å². The normalized spacial score (nSPS) is 11.3. The van der Waals surface area contributed by atoms with Gasteiger partial charge in [-0.25, -0.2) is 4.68 Å². The number of rotatable bonds is 3. The molecule has 0 aliphatic heterocycles. The topological polar surface area (TPSA) is 74.1 Å². The molecule has 130 valence electrons. The fourth-order valence-electron chi connectivity index (χ4n) is 3.24. The summed E-state index contributed by atoms with van der Waals surface area (Å²) in [7, 11) is 0. The average molecular weight is 355 g/mol. The first-order valence-corrected chi connectivity index (χ1v) is 8.41. The molecule has 5 aromatic rings. The van der Waals surface area contributed by atoms with Gasteiger partial charge in [0.25, 0.3) is 5.69 Å². The van der Waals surface area contributed by atoms with Crippen LogP contribution in [0.5, 0.6) is 0 Å². The smallest absolute Gasteiger partial charge is 0.269 e. The van der Waals surface area contributed by atoms with Crippen LogP contribution in [0.25, 0.3) is 38.9 Å². The summed E-state index contributed by atoms with van der Waals surface area (Å²) in [4.78, 5) is 10.4. The van der Waals surface area contributed by atoms with E-state index in [1.165, 1.54) is 12.1 Å². The lowest BCUT2D eigenvalue weighted by atomic mass is 10.1. The van der Waals surface area contributed by atoms with Crippen LogP contribution in [0.1, 0.15) is 0 Å². The van der Waals surface area contributed by atoms with Crippen LogP contribution in [0.15, 0.2) is 83.4 Å². The van der Waals surface area contributed by atoms with Gasteiger partial charge in [-0.05, 0) is 41.1 Å². The van der Waals surface area contributed by atoms with Crippen molar-refractivity contribution in [2.24, 2.45) is 0 Å². The van der Waals surface area contributed by atoms with Crippen molar-refractivity contribution in [2.75, 3.05) is 0 Å². The number of benzene rings is 3. The highest BCUT2D eigenvalue weighted by molar-refractivity contribution is 6.06. The van der Waals surface area contributed by atoms with Gasteiger partial charge < -0.3 is 4.42 Å². The maximum absolute atomic E-state index is 10.8.